The second kappa shape index (κ2) is 10.2. The first-order valence-electron chi connectivity index (χ1n) is 11.1. The quantitative estimate of drug-likeness (QED) is 0.354. The molecule has 0 bridgehead atoms. The zero-order valence-corrected chi connectivity index (χ0v) is 20.4. The number of hydrogen-bond acceptors (Lipinski definition) is 8. The van der Waals surface area contributed by atoms with Gasteiger partial charge in [0.1, 0.15) is 23.0 Å². The van der Waals surface area contributed by atoms with Crippen LogP contribution >= 0.6 is 0 Å². The molecule has 0 saturated heterocycles. The van der Waals surface area contributed by atoms with Crippen LogP contribution in [0.1, 0.15) is 21.9 Å². The van der Waals surface area contributed by atoms with E-state index in [1.807, 2.05) is 44.2 Å². The Hall–Kier alpha value is -4.41. The SMILES string of the molecule is COc1ccc(OC)c(-c2cc(C(=O)NCCNc3ccc(-n4nc(C)cc4C)nn3)n(C)n2)c1. The lowest BCUT2D eigenvalue weighted by Gasteiger charge is -2.08. The zero-order valence-electron chi connectivity index (χ0n) is 20.4. The maximum absolute atomic E-state index is 12.7. The van der Waals surface area contributed by atoms with Gasteiger partial charge in [0.15, 0.2) is 5.82 Å². The number of carbonyl (C=O) groups is 1. The lowest BCUT2D eigenvalue weighted by atomic mass is 10.1. The minimum absolute atomic E-state index is 0.235. The number of anilines is 1. The molecule has 0 aliphatic rings. The van der Waals surface area contributed by atoms with E-state index in [-0.39, 0.29) is 5.91 Å². The maximum Gasteiger partial charge on any atom is 0.269 e. The Morgan fingerprint density at radius 1 is 0.971 bits per heavy atom. The Balaban J connectivity index is 1.34. The van der Waals surface area contributed by atoms with E-state index in [0.29, 0.717) is 47.6 Å². The summed E-state index contributed by atoms with van der Waals surface area (Å²) in [6.45, 7) is 4.77. The van der Waals surface area contributed by atoms with Gasteiger partial charge in [-0.15, -0.1) is 10.2 Å². The molecule has 0 aliphatic heterocycles. The van der Waals surface area contributed by atoms with Crippen LogP contribution < -0.4 is 20.1 Å². The van der Waals surface area contributed by atoms with Crippen molar-refractivity contribution in [1.29, 1.82) is 0 Å². The first-order chi connectivity index (χ1) is 16.9. The second-order valence-electron chi connectivity index (χ2n) is 7.90. The third kappa shape index (κ3) is 5.24. The third-order valence-corrected chi connectivity index (χ3v) is 5.39. The number of nitrogens with zero attached hydrogens (tertiary/aromatic N) is 6. The van der Waals surface area contributed by atoms with Crippen LogP contribution in [0.25, 0.3) is 17.1 Å². The number of carbonyl (C=O) groups excluding carboxylic acids is 1. The molecule has 0 unspecified atom stereocenters. The van der Waals surface area contributed by atoms with Gasteiger partial charge in [0.05, 0.1) is 25.6 Å². The van der Waals surface area contributed by atoms with Crippen molar-refractivity contribution in [3.8, 4) is 28.6 Å². The number of aromatic nitrogens is 6. The summed E-state index contributed by atoms with van der Waals surface area (Å²) in [5, 5.41) is 23.3. The van der Waals surface area contributed by atoms with Gasteiger partial charge < -0.3 is 20.1 Å². The van der Waals surface area contributed by atoms with Crippen molar-refractivity contribution in [3.05, 3.63) is 59.5 Å². The van der Waals surface area contributed by atoms with Gasteiger partial charge >= 0.3 is 0 Å². The largest absolute Gasteiger partial charge is 0.497 e. The van der Waals surface area contributed by atoms with Crippen molar-refractivity contribution in [2.75, 3.05) is 32.6 Å². The van der Waals surface area contributed by atoms with Gasteiger partial charge in [-0.05, 0) is 56.3 Å². The van der Waals surface area contributed by atoms with Crippen LogP contribution in [-0.2, 0) is 7.05 Å². The van der Waals surface area contributed by atoms with Crippen molar-refractivity contribution >= 4 is 11.7 Å². The predicted octanol–water partition coefficient (Wildman–Crippen LogP) is 2.54. The summed E-state index contributed by atoms with van der Waals surface area (Å²) < 4.78 is 14.0. The topological polar surface area (TPSA) is 121 Å². The number of amides is 1. The molecule has 3 aromatic heterocycles. The first-order valence-corrected chi connectivity index (χ1v) is 11.1. The standard InChI is InChI=1S/C24H28N8O3/c1-15-12-16(2)32(29-15)23-9-8-22(27-28-23)25-10-11-26-24(33)20-14-19(30-31(20)3)18-13-17(34-4)6-7-21(18)35-5/h6-9,12-14H,10-11H2,1-5H3,(H,25,27)(H,26,33). The summed E-state index contributed by atoms with van der Waals surface area (Å²) in [6.07, 6.45) is 0. The number of aryl methyl sites for hydroxylation is 3. The van der Waals surface area contributed by atoms with E-state index in [0.717, 1.165) is 17.0 Å². The average Bonchev–Trinajstić information content (AvgIpc) is 3.42. The Kier molecular flexibility index (Phi) is 6.95. The fraction of sp³-hybridized carbons (Fsp3) is 0.292. The van der Waals surface area contributed by atoms with Crippen molar-refractivity contribution < 1.29 is 14.3 Å². The lowest BCUT2D eigenvalue weighted by molar-refractivity contribution is 0.0946. The summed E-state index contributed by atoms with van der Waals surface area (Å²) >= 11 is 0. The molecule has 4 rings (SSSR count). The lowest BCUT2D eigenvalue weighted by Crippen LogP contribution is -2.30. The molecule has 4 aromatic rings. The minimum Gasteiger partial charge on any atom is -0.497 e. The number of rotatable bonds is 9. The highest BCUT2D eigenvalue weighted by atomic mass is 16.5. The fourth-order valence-corrected chi connectivity index (χ4v) is 3.68. The minimum atomic E-state index is -0.235. The summed E-state index contributed by atoms with van der Waals surface area (Å²) in [5.74, 6) is 2.34. The number of methoxy groups -OCH3 is 2. The molecule has 0 radical (unpaired) electrons. The molecule has 1 amide bonds. The van der Waals surface area contributed by atoms with Gasteiger partial charge in [0.25, 0.3) is 5.91 Å². The van der Waals surface area contributed by atoms with Gasteiger partial charge in [-0.2, -0.15) is 10.2 Å². The second-order valence-corrected chi connectivity index (χ2v) is 7.90. The highest BCUT2D eigenvalue weighted by Crippen LogP contribution is 2.32. The van der Waals surface area contributed by atoms with Gasteiger partial charge in [-0.1, -0.05) is 0 Å². The molecule has 0 fully saturated rings. The van der Waals surface area contributed by atoms with E-state index in [9.17, 15) is 4.79 Å². The molecular weight excluding hydrogens is 448 g/mol. The van der Waals surface area contributed by atoms with Crippen LogP contribution in [0.15, 0.2) is 42.5 Å². The summed E-state index contributed by atoms with van der Waals surface area (Å²) in [5.41, 5.74) is 3.70. The Labute approximate surface area is 203 Å². The normalized spacial score (nSPS) is 10.8. The molecule has 3 heterocycles. The number of nitrogens with one attached hydrogen (secondary N) is 2. The van der Waals surface area contributed by atoms with Crippen LogP contribution in [0, 0.1) is 13.8 Å². The van der Waals surface area contributed by atoms with Gasteiger partial charge in [-0.3, -0.25) is 9.48 Å². The van der Waals surface area contributed by atoms with E-state index in [2.05, 4.69) is 31.0 Å². The molecule has 0 saturated carbocycles. The molecule has 0 spiro atoms. The van der Waals surface area contributed by atoms with E-state index >= 15 is 0 Å². The van der Waals surface area contributed by atoms with Crippen molar-refractivity contribution in [2.24, 2.45) is 7.05 Å². The molecule has 11 nitrogen and oxygen atoms in total. The van der Waals surface area contributed by atoms with Crippen molar-refractivity contribution in [2.45, 2.75) is 13.8 Å². The molecule has 35 heavy (non-hydrogen) atoms. The Bertz CT molecular complexity index is 1330. The van der Waals surface area contributed by atoms with Gasteiger partial charge in [0, 0.05) is 31.4 Å². The van der Waals surface area contributed by atoms with Gasteiger partial charge in [-0.25, -0.2) is 4.68 Å². The van der Waals surface area contributed by atoms with Crippen LogP contribution in [0.3, 0.4) is 0 Å². The van der Waals surface area contributed by atoms with E-state index in [1.165, 1.54) is 0 Å². The van der Waals surface area contributed by atoms with Crippen molar-refractivity contribution in [1.82, 2.24) is 35.1 Å². The average molecular weight is 477 g/mol. The maximum atomic E-state index is 12.7. The molecule has 11 heteroatoms. The summed E-state index contributed by atoms with van der Waals surface area (Å²) in [6, 6.07) is 12.8. The molecule has 2 N–H and O–H groups in total. The van der Waals surface area contributed by atoms with E-state index in [1.54, 1.807) is 42.8 Å². The molecule has 0 aliphatic carbocycles. The Morgan fingerprint density at radius 3 is 2.46 bits per heavy atom. The smallest absolute Gasteiger partial charge is 0.269 e. The number of hydrogen-bond donors (Lipinski definition) is 2. The van der Waals surface area contributed by atoms with Crippen molar-refractivity contribution in [3.63, 3.8) is 0 Å². The third-order valence-electron chi connectivity index (χ3n) is 5.39. The van der Waals surface area contributed by atoms with Crippen LogP contribution in [0.2, 0.25) is 0 Å². The van der Waals surface area contributed by atoms with Gasteiger partial charge in [0.2, 0.25) is 0 Å². The number of ether oxygens (including phenoxy) is 2. The fourth-order valence-electron chi connectivity index (χ4n) is 3.68. The van der Waals surface area contributed by atoms with E-state index < -0.39 is 0 Å². The molecular formula is C24H28N8O3. The highest BCUT2D eigenvalue weighted by molar-refractivity contribution is 5.94. The molecule has 182 valence electrons. The van der Waals surface area contributed by atoms with Crippen LogP contribution in [-0.4, -0.2) is 63.0 Å². The number of benzene rings is 1. The summed E-state index contributed by atoms with van der Waals surface area (Å²) in [4.78, 5) is 12.7. The summed E-state index contributed by atoms with van der Waals surface area (Å²) in [7, 11) is 4.91. The van der Waals surface area contributed by atoms with Crippen LogP contribution in [0.5, 0.6) is 11.5 Å². The van der Waals surface area contributed by atoms with E-state index in [4.69, 9.17) is 9.47 Å². The first kappa shape index (κ1) is 23.7. The zero-order chi connectivity index (χ0) is 24.9. The monoisotopic (exact) mass is 476 g/mol. The highest BCUT2D eigenvalue weighted by Gasteiger charge is 2.17. The van der Waals surface area contributed by atoms with Crippen LogP contribution in [0.4, 0.5) is 5.82 Å². The Morgan fingerprint density at radius 2 is 1.80 bits per heavy atom. The molecule has 1 aromatic carbocycles. The predicted molar refractivity (Wildman–Crippen MR) is 131 cm³/mol. The molecule has 0 atom stereocenters.